The van der Waals surface area contributed by atoms with Crippen molar-refractivity contribution in [2.75, 3.05) is 6.61 Å². The Kier molecular flexibility index (Phi) is 3.97. The van der Waals surface area contributed by atoms with Gasteiger partial charge in [0, 0.05) is 5.92 Å². The van der Waals surface area contributed by atoms with Crippen LogP contribution in [-0.4, -0.2) is 63.1 Å². The summed E-state index contributed by atoms with van der Waals surface area (Å²) < 4.78 is 33.3. The van der Waals surface area contributed by atoms with Crippen LogP contribution >= 0.6 is 0 Å². The molecule has 2 aromatic heterocycles. The van der Waals surface area contributed by atoms with E-state index in [-0.39, 0.29) is 0 Å². The van der Waals surface area contributed by atoms with Crippen LogP contribution in [0, 0.1) is 0 Å². The van der Waals surface area contributed by atoms with E-state index in [0.717, 1.165) is 18.5 Å². The first-order valence-corrected chi connectivity index (χ1v) is 9.18. The predicted octanol–water partition coefficient (Wildman–Crippen LogP) is -1.46. The monoisotopic (exact) mass is 371 g/mol. The van der Waals surface area contributed by atoms with E-state index >= 15 is 0 Å². The molecule has 1 unspecified atom stereocenters. The van der Waals surface area contributed by atoms with E-state index in [1.165, 1.54) is 17.2 Å². The normalized spacial score (nSPS) is 30.2. The maximum atomic E-state index is 10.9. The van der Waals surface area contributed by atoms with Crippen molar-refractivity contribution in [3.05, 3.63) is 18.3 Å². The van der Waals surface area contributed by atoms with Gasteiger partial charge < -0.3 is 14.9 Å². The zero-order valence-electron chi connectivity index (χ0n) is 13.0. The molecule has 1 saturated carbocycles. The summed E-state index contributed by atoms with van der Waals surface area (Å²) in [7, 11) is -4.18. The highest BCUT2D eigenvalue weighted by Gasteiger charge is 2.45. The number of rotatable bonds is 5. The molecule has 12 heteroatoms. The maximum Gasteiger partial charge on any atom is 0.333 e. The largest absolute Gasteiger partial charge is 0.387 e. The van der Waals surface area contributed by atoms with Gasteiger partial charge in [-0.3, -0.25) is 8.75 Å². The minimum atomic E-state index is -4.18. The van der Waals surface area contributed by atoms with Crippen molar-refractivity contribution in [2.45, 2.75) is 43.3 Å². The Labute approximate surface area is 142 Å². The molecular weight excluding hydrogens is 354 g/mol. The number of ether oxygens (including phenoxy) is 1. The lowest BCUT2D eigenvalue weighted by molar-refractivity contribution is -0.0467. The summed E-state index contributed by atoms with van der Waals surface area (Å²) in [4.78, 5) is 12.8. The first-order valence-electron chi connectivity index (χ1n) is 7.71. The Morgan fingerprint density at radius 3 is 2.72 bits per heavy atom. The number of hydrogen-bond acceptors (Lipinski definition) is 9. The molecule has 1 saturated heterocycles. The van der Waals surface area contributed by atoms with Gasteiger partial charge in [0.2, 0.25) is 0 Å². The first-order chi connectivity index (χ1) is 11.8. The summed E-state index contributed by atoms with van der Waals surface area (Å²) in [5.41, 5.74) is 1.95. The number of aromatic nitrogens is 4. The van der Waals surface area contributed by atoms with Crippen LogP contribution in [0.5, 0.6) is 0 Å². The van der Waals surface area contributed by atoms with E-state index in [9.17, 15) is 18.6 Å². The second-order valence-corrected chi connectivity index (χ2v) is 7.40. The van der Waals surface area contributed by atoms with Gasteiger partial charge in [0.05, 0.1) is 18.6 Å². The molecule has 2 fully saturated rings. The molecule has 1 aliphatic heterocycles. The Bertz CT molecular complexity index is 897. The van der Waals surface area contributed by atoms with Crippen molar-refractivity contribution >= 4 is 21.5 Å². The third kappa shape index (κ3) is 3.12. The lowest BCUT2D eigenvalue weighted by Crippen LogP contribution is -2.35. The topological polar surface area (TPSA) is 163 Å². The molecule has 4 rings (SSSR count). The molecule has 0 bridgehead atoms. The molecule has 2 aromatic rings. The van der Waals surface area contributed by atoms with E-state index in [0.29, 0.717) is 17.1 Å². The molecule has 25 heavy (non-hydrogen) atoms. The van der Waals surface area contributed by atoms with Crippen LogP contribution in [0.4, 0.5) is 0 Å². The second-order valence-electron chi connectivity index (χ2n) is 6.18. The standard InChI is InChI=1S/C13H17N5O6S/c14-25(21,22)23-3-7-10(19)11(20)13(24-7)18-5-17-9-8(6-1-2-6)15-4-16-12(9)18/h4-7,10-11,13,19-20H,1-3H2,(H2,14,21,22)/t7?,10-,11-,13-/m1/s1. The number of aliphatic hydroxyl groups excluding tert-OH is 2. The highest BCUT2D eigenvalue weighted by molar-refractivity contribution is 7.84. The molecular formula is C13H17N5O6S. The summed E-state index contributed by atoms with van der Waals surface area (Å²) in [6, 6.07) is 0. The van der Waals surface area contributed by atoms with Gasteiger partial charge in [-0.2, -0.15) is 8.42 Å². The van der Waals surface area contributed by atoms with Crippen LogP contribution < -0.4 is 5.14 Å². The Balaban J connectivity index is 1.61. The average molecular weight is 371 g/mol. The highest BCUT2D eigenvalue weighted by atomic mass is 32.2. The number of fused-ring (bicyclic) bond motifs is 1. The third-order valence-corrected chi connectivity index (χ3v) is 4.82. The second kappa shape index (κ2) is 5.93. The fourth-order valence-corrected chi connectivity index (χ4v) is 3.29. The number of imidazole rings is 1. The molecule has 3 heterocycles. The molecule has 11 nitrogen and oxygen atoms in total. The molecule has 1 aliphatic carbocycles. The van der Waals surface area contributed by atoms with E-state index in [2.05, 4.69) is 19.1 Å². The molecule has 4 atom stereocenters. The Hall–Kier alpha value is -1.70. The number of nitrogens with two attached hydrogens (primary N) is 1. The highest BCUT2D eigenvalue weighted by Crippen LogP contribution is 2.41. The summed E-state index contributed by atoms with van der Waals surface area (Å²) in [5, 5.41) is 25.1. The molecule has 4 N–H and O–H groups in total. The van der Waals surface area contributed by atoms with Crippen molar-refractivity contribution in [2.24, 2.45) is 5.14 Å². The first kappa shape index (κ1) is 16.8. The van der Waals surface area contributed by atoms with Gasteiger partial charge in [-0.1, -0.05) is 0 Å². The minimum Gasteiger partial charge on any atom is -0.387 e. The molecule has 136 valence electrons. The van der Waals surface area contributed by atoms with Crippen LogP contribution in [0.1, 0.15) is 30.7 Å². The lowest BCUT2D eigenvalue weighted by Gasteiger charge is -2.16. The summed E-state index contributed by atoms with van der Waals surface area (Å²) in [6.07, 6.45) is 0.249. The zero-order chi connectivity index (χ0) is 17.8. The van der Waals surface area contributed by atoms with Gasteiger partial charge in [0.15, 0.2) is 11.9 Å². The van der Waals surface area contributed by atoms with Crippen LogP contribution in [0.15, 0.2) is 12.7 Å². The minimum absolute atomic E-state index is 0.366. The number of hydrogen-bond donors (Lipinski definition) is 3. The quantitative estimate of drug-likeness (QED) is 0.570. The predicted molar refractivity (Wildman–Crippen MR) is 82.3 cm³/mol. The Morgan fingerprint density at radius 1 is 1.28 bits per heavy atom. The smallest absolute Gasteiger partial charge is 0.333 e. The van der Waals surface area contributed by atoms with Crippen LogP contribution in [-0.2, 0) is 19.2 Å². The fraction of sp³-hybridized carbons (Fsp3) is 0.615. The third-order valence-electron chi connectivity index (χ3n) is 4.36. The van der Waals surface area contributed by atoms with Crippen molar-refractivity contribution < 1.29 is 27.6 Å². The number of nitrogens with zero attached hydrogens (tertiary/aromatic N) is 4. The van der Waals surface area contributed by atoms with Gasteiger partial charge >= 0.3 is 10.3 Å². The fourth-order valence-electron chi connectivity index (χ4n) is 2.97. The summed E-state index contributed by atoms with van der Waals surface area (Å²) in [5.74, 6) is 0.366. The SMILES string of the molecule is NS(=O)(=O)OCC1O[C@@H](n2cnc3c(C4CC4)ncnc32)[C@H](O)[C@@H]1O. The lowest BCUT2D eigenvalue weighted by atomic mass is 10.1. The van der Waals surface area contributed by atoms with Crippen molar-refractivity contribution in [3.8, 4) is 0 Å². The molecule has 2 aliphatic rings. The van der Waals surface area contributed by atoms with E-state index in [1.807, 2.05) is 0 Å². The molecule has 0 aromatic carbocycles. The maximum absolute atomic E-state index is 10.9. The Morgan fingerprint density at radius 2 is 2.04 bits per heavy atom. The summed E-state index contributed by atoms with van der Waals surface area (Å²) in [6.45, 7) is -0.511. The van der Waals surface area contributed by atoms with E-state index in [1.54, 1.807) is 0 Å². The molecule has 0 radical (unpaired) electrons. The average Bonchev–Trinajstić information content (AvgIpc) is 3.26. The number of aliphatic hydroxyl groups is 2. The molecule has 0 amide bonds. The van der Waals surface area contributed by atoms with E-state index in [4.69, 9.17) is 9.88 Å². The zero-order valence-corrected chi connectivity index (χ0v) is 13.8. The van der Waals surface area contributed by atoms with Crippen LogP contribution in [0.25, 0.3) is 11.2 Å². The van der Waals surface area contributed by atoms with Gasteiger partial charge in [0.25, 0.3) is 0 Å². The summed E-state index contributed by atoms with van der Waals surface area (Å²) >= 11 is 0. The van der Waals surface area contributed by atoms with Gasteiger partial charge in [0.1, 0.15) is 30.2 Å². The van der Waals surface area contributed by atoms with Gasteiger partial charge in [-0.25, -0.2) is 20.1 Å². The van der Waals surface area contributed by atoms with Crippen molar-refractivity contribution in [3.63, 3.8) is 0 Å². The van der Waals surface area contributed by atoms with Crippen molar-refractivity contribution in [1.29, 1.82) is 0 Å². The van der Waals surface area contributed by atoms with Crippen LogP contribution in [0.3, 0.4) is 0 Å². The van der Waals surface area contributed by atoms with E-state index < -0.39 is 41.5 Å². The molecule has 0 spiro atoms. The van der Waals surface area contributed by atoms with Crippen molar-refractivity contribution in [1.82, 2.24) is 19.5 Å². The van der Waals surface area contributed by atoms with Gasteiger partial charge in [-0.05, 0) is 12.8 Å². The van der Waals surface area contributed by atoms with Crippen LogP contribution in [0.2, 0.25) is 0 Å². The van der Waals surface area contributed by atoms with Gasteiger partial charge in [-0.15, -0.1) is 0 Å².